The summed E-state index contributed by atoms with van der Waals surface area (Å²) < 4.78 is 0. The van der Waals surface area contributed by atoms with Crippen molar-refractivity contribution in [3.05, 3.63) is 34.9 Å². The maximum Gasteiger partial charge on any atom is 0.306 e. The van der Waals surface area contributed by atoms with Gasteiger partial charge >= 0.3 is 5.97 Å². The Balaban J connectivity index is 1.63. The van der Waals surface area contributed by atoms with Crippen LogP contribution in [-0.2, 0) is 16.1 Å². The Labute approximate surface area is 141 Å². The summed E-state index contributed by atoms with van der Waals surface area (Å²) >= 11 is 5.92. The minimum absolute atomic E-state index is 0.0153. The van der Waals surface area contributed by atoms with Crippen molar-refractivity contribution in [1.82, 2.24) is 4.90 Å². The first-order valence-corrected chi connectivity index (χ1v) is 8.70. The summed E-state index contributed by atoms with van der Waals surface area (Å²) in [4.78, 5) is 25.9. The molecular formula is C18H22ClNO3. The lowest BCUT2D eigenvalue weighted by atomic mass is 9.81. The third-order valence-electron chi connectivity index (χ3n) is 4.96. The maximum absolute atomic E-state index is 12.9. The first-order chi connectivity index (χ1) is 11.0. The van der Waals surface area contributed by atoms with E-state index in [0.29, 0.717) is 43.3 Å². The number of hydrogen-bond acceptors (Lipinski definition) is 2. The van der Waals surface area contributed by atoms with Gasteiger partial charge in [-0.2, -0.15) is 0 Å². The lowest BCUT2D eigenvalue weighted by Crippen LogP contribution is -2.39. The molecule has 3 rings (SSSR count). The van der Waals surface area contributed by atoms with Gasteiger partial charge in [-0.05, 0) is 56.2 Å². The van der Waals surface area contributed by atoms with E-state index in [0.717, 1.165) is 18.4 Å². The van der Waals surface area contributed by atoms with Gasteiger partial charge in [0.15, 0.2) is 0 Å². The van der Waals surface area contributed by atoms with E-state index < -0.39 is 5.97 Å². The molecule has 0 radical (unpaired) electrons. The summed E-state index contributed by atoms with van der Waals surface area (Å²) in [5, 5.41) is 9.78. The Morgan fingerprint density at radius 2 is 1.57 bits per heavy atom. The molecule has 0 atom stereocenters. The highest BCUT2D eigenvalue weighted by atomic mass is 35.5. The van der Waals surface area contributed by atoms with Crippen LogP contribution in [0.1, 0.15) is 44.1 Å². The van der Waals surface area contributed by atoms with Crippen LogP contribution in [0.2, 0.25) is 5.02 Å². The van der Waals surface area contributed by atoms with Crippen LogP contribution in [0.4, 0.5) is 0 Å². The summed E-state index contributed by atoms with van der Waals surface area (Å²) in [7, 11) is 0. The van der Waals surface area contributed by atoms with E-state index in [-0.39, 0.29) is 17.7 Å². The fourth-order valence-electron chi connectivity index (χ4n) is 3.38. The lowest BCUT2D eigenvalue weighted by Gasteiger charge is -2.31. The van der Waals surface area contributed by atoms with Crippen LogP contribution in [0.25, 0.3) is 0 Å². The Bertz CT molecular complexity index is 574. The summed E-state index contributed by atoms with van der Waals surface area (Å²) in [5.74, 6) is -0.814. The van der Waals surface area contributed by atoms with Crippen LogP contribution < -0.4 is 0 Å². The third kappa shape index (κ3) is 4.05. The number of carboxylic acids is 1. The molecule has 0 bridgehead atoms. The molecule has 5 heteroatoms. The standard InChI is InChI=1S/C18H22ClNO3/c19-15-7-1-12(2-8-15)11-20(16-9-10-16)17(21)13-3-5-14(6-4-13)18(22)23/h1-2,7-8,13-14,16H,3-6,9-11H2,(H,22,23). The minimum Gasteiger partial charge on any atom is -0.481 e. The zero-order chi connectivity index (χ0) is 16.4. The Morgan fingerprint density at radius 3 is 2.09 bits per heavy atom. The third-order valence-corrected chi connectivity index (χ3v) is 5.21. The monoisotopic (exact) mass is 335 g/mol. The van der Waals surface area contributed by atoms with Crippen LogP contribution in [0.15, 0.2) is 24.3 Å². The molecule has 0 unspecified atom stereocenters. The molecule has 0 spiro atoms. The smallest absolute Gasteiger partial charge is 0.306 e. The van der Waals surface area contributed by atoms with E-state index in [4.69, 9.17) is 16.7 Å². The molecule has 2 aliphatic rings. The van der Waals surface area contributed by atoms with Crippen molar-refractivity contribution in [2.45, 2.75) is 51.1 Å². The molecule has 0 heterocycles. The Kier molecular flexibility index (Phi) is 4.90. The number of carboxylic acid groups (broad SMARTS) is 1. The van der Waals surface area contributed by atoms with E-state index in [1.165, 1.54) is 0 Å². The van der Waals surface area contributed by atoms with Gasteiger partial charge < -0.3 is 10.0 Å². The van der Waals surface area contributed by atoms with Gasteiger partial charge in [-0.15, -0.1) is 0 Å². The second-order valence-corrected chi connectivity index (χ2v) is 7.15. The van der Waals surface area contributed by atoms with Crippen molar-refractivity contribution in [2.24, 2.45) is 11.8 Å². The molecule has 2 fully saturated rings. The van der Waals surface area contributed by atoms with Crippen molar-refractivity contribution >= 4 is 23.5 Å². The zero-order valence-corrected chi connectivity index (χ0v) is 13.8. The normalized spacial score (nSPS) is 24.2. The van der Waals surface area contributed by atoms with E-state index in [2.05, 4.69) is 0 Å². The van der Waals surface area contributed by atoms with Gasteiger partial charge in [0.2, 0.25) is 5.91 Å². The average Bonchev–Trinajstić information content (AvgIpc) is 3.38. The molecule has 1 amide bonds. The van der Waals surface area contributed by atoms with Gasteiger partial charge in [0, 0.05) is 23.5 Å². The van der Waals surface area contributed by atoms with E-state index in [9.17, 15) is 9.59 Å². The number of hydrogen-bond donors (Lipinski definition) is 1. The number of nitrogens with zero attached hydrogens (tertiary/aromatic N) is 1. The Morgan fingerprint density at radius 1 is 1.00 bits per heavy atom. The molecule has 2 aliphatic carbocycles. The average molecular weight is 336 g/mol. The second-order valence-electron chi connectivity index (χ2n) is 6.71. The predicted octanol–water partition coefficient (Wildman–Crippen LogP) is 3.72. The number of benzene rings is 1. The van der Waals surface area contributed by atoms with Crippen LogP contribution in [-0.4, -0.2) is 27.9 Å². The summed E-state index contributed by atoms with van der Waals surface area (Å²) in [6.45, 7) is 0.625. The molecule has 4 nitrogen and oxygen atoms in total. The first kappa shape index (κ1) is 16.3. The SMILES string of the molecule is O=C(O)C1CCC(C(=O)N(Cc2ccc(Cl)cc2)C2CC2)CC1. The van der Waals surface area contributed by atoms with Crippen molar-refractivity contribution in [3.63, 3.8) is 0 Å². The zero-order valence-electron chi connectivity index (χ0n) is 13.1. The van der Waals surface area contributed by atoms with Crippen molar-refractivity contribution < 1.29 is 14.7 Å². The molecule has 0 saturated heterocycles. The largest absolute Gasteiger partial charge is 0.481 e. The number of halogens is 1. The highest BCUT2D eigenvalue weighted by Crippen LogP contribution is 2.35. The molecule has 0 aromatic heterocycles. The van der Waals surface area contributed by atoms with Gasteiger partial charge in [0.1, 0.15) is 0 Å². The summed E-state index contributed by atoms with van der Waals surface area (Å²) in [6, 6.07) is 7.99. The van der Waals surface area contributed by atoms with Crippen LogP contribution in [0.3, 0.4) is 0 Å². The summed E-state index contributed by atoms with van der Waals surface area (Å²) in [5.41, 5.74) is 1.09. The number of amides is 1. The van der Waals surface area contributed by atoms with Crippen LogP contribution in [0.5, 0.6) is 0 Å². The topological polar surface area (TPSA) is 57.6 Å². The number of aliphatic carboxylic acids is 1. The fourth-order valence-corrected chi connectivity index (χ4v) is 3.51. The van der Waals surface area contributed by atoms with E-state index in [1.807, 2.05) is 29.2 Å². The molecular weight excluding hydrogens is 314 g/mol. The molecule has 23 heavy (non-hydrogen) atoms. The Hall–Kier alpha value is -1.55. The van der Waals surface area contributed by atoms with Crippen LogP contribution in [0, 0.1) is 11.8 Å². The van der Waals surface area contributed by atoms with E-state index >= 15 is 0 Å². The summed E-state index contributed by atoms with van der Waals surface area (Å²) in [6.07, 6.45) is 4.77. The van der Waals surface area contributed by atoms with Gasteiger partial charge in [-0.1, -0.05) is 23.7 Å². The fraction of sp³-hybridized carbons (Fsp3) is 0.556. The lowest BCUT2D eigenvalue weighted by molar-refractivity contribution is -0.146. The van der Waals surface area contributed by atoms with Gasteiger partial charge in [-0.3, -0.25) is 9.59 Å². The number of carbonyl (C=O) groups is 2. The molecule has 1 aromatic carbocycles. The maximum atomic E-state index is 12.9. The molecule has 1 N–H and O–H groups in total. The predicted molar refractivity (Wildman–Crippen MR) is 88.1 cm³/mol. The van der Waals surface area contributed by atoms with E-state index in [1.54, 1.807) is 0 Å². The quantitative estimate of drug-likeness (QED) is 0.892. The molecule has 0 aliphatic heterocycles. The highest BCUT2D eigenvalue weighted by molar-refractivity contribution is 6.30. The van der Waals surface area contributed by atoms with Crippen molar-refractivity contribution in [3.8, 4) is 0 Å². The molecule has 1 aromatic rings. The minimum atomic E-state index is -0.726. The van der Waals surface area contributed by atoms with Gasteiger partial charge in [-0.25, -0.2) is 0 Å². The molecule has 124 valence electrons. The van der Waals surface area contributed by atoms with Crippen LogP contribution >= 0.6 is 11.6 Å². The van der Waals surface area contributed by atoms with Crippen molar-refractivity contribution in [2.75, 3.05) is 0 Å². The highest BCUT2D eigenvalue weighted by Gasteiger charge is 2.38. The second kappa shape index (κ2) is 6.91. The first-order valence-electron chi connectivity index (χ1n) is 8.32. The number of carbonyl (C=O) groups excluding carboxylic acids is 1. The van der Waals surface area contributed by atoms with Crippen molar-refractivity contribution in [1.29, 1.82) is 0 Å². The van der Waals surface area contributed by atoms with Gasteiger partial charge in [0.05, 0.1) is 5.92 Å². The number of rotatable bonds is 5. The van der Waals surface area contributed by atoms with Gasteiger partial charge in [0.25, 0.3) is 0 Å². The molecule has 2 saturated carbocycles.